The van der Waals surface area contributed by atoms with E-state index < -0.39 is 0 Å². The van der Waals surface area contributed by atoms with Crippen LogP contribution in [0.15, 0.2) is 21.5 Å². The molecule has 1 aliphatic heterocycles. The molecule has 0 saturated carbocycles. The maximum absolute atomic E-state index is 12.1. The van der Waals surface area contributed by atoms with Crippen molar-refractivity contribution in [2.45, 2.75) is 38.5 Å². The van der Waals surface area contributed by atoms with E-state index in [1.165, 1.54) is 11.3 Å². The van der Waals surface area contributed by atoms with Gasteiger partial charge in [-0.15, -0.1) is 11.3 Å². The number of aromatic nitrogens is 2. The zero-order valence-electron chi connectivity index (χ0n) is 12.9. The molecular weight excluding hydrogens is 318 g/mol. The fourth-order valence-electron chi connectivity index (χ4n) is 2.47. The number of amides is 1. The van der Waals surface area contributed by atoms with Crippen LogP contribution in [0.4, 0.5) is 0 Å². The van der Waals surface area contributed by atoms with Gasteiger partial charge in [0.05, 0.1) is 48.7 Å². The molecule has 1 aliphatic rings. The van der Waals surface area contributed by atoms with E-state index in [-0.39, 0.29) is 24.5 Å². The lowest BCUT2D eigenvalue weighted by Crippen LogP contribution is -2.50. The van der Waals surface area contributed by atoms with Crippen molar-refractivity contribution in [3.63, 3.8) is 0 Å². The van der Waals surface area contributed by atoms with Crippen LogP contribution in [0, 0.1) is 6.92 Å². The fourth-order valence-corrected chi connectivity index (χ4v) is 3.01. The Morgan fingerprint density at radius 1 is 1.57 bits per heavy atom. The van der Waals surface area contributed by atoms with Crippen LogP contribution in [0.2, 0.25) is 0 Å². The van der Waals surface area contributed by atoms with Gasteiger partial charge >= 0.3 is 0 Å². The maximum atomic E-state index is 12.1. The Hall–Kier alpha value is -1.77. The van der Waals surface area contributed by atoms with Gasteiger partial charge in [-0.1, -0.05) is 5.16 Å². The number of carbonyl (C=O) groups excluding carboxylic acids is 1. The quantitative estimate of drug-likeness (QED) is 0.859. The third-order valence-corrected chi connectivity index (χ3v) is 4.21. The number of hydrogen-bond acceptors (Lipinski definition) is 7. The second-order valence-corrected chi connectivity index (χ2v) is 6.20. The molecule has 8 heteroatoms. The minimum Gasteiger partial charge on any atom is -0.379 e. The SMILES string of the molecule is Cc1cc(CC(=O)N[C@@H]2COCC[C@@H]2OCc2cscn2)on1. The largest absolute Gasteiger partial charge is 0.379 e. The van der Waals surface area contributed by atoms with E-state index in [0.717, 1.165) is 17.8 Å². The van der Waals surface area contributed by atoms with Crippen molar-refractivity contribution in [2.24, 2.45) is 0 Å². The zero-order chi connectivity index (χ0) is 16.1. The van der Waals surface area contributed by atoms with E-state index in [1.807, 2.05) is 12.3 Å². The maximum Gasteiger partial charge on any atom is 0.228 e. The molecule has 1 fully saturated rings. The summed E-state index contributed by atoms with van der Waals surface area (Å²) < 4.78 is 16.4. The van der Waals surface area contributed by atoms with Gasteiger partial charge in [-0.3, -0.25) is 4.79 Å². The van der Waals surface area contributed by atoms with Crippen molar-refractivity contribution in [1.82, 2.24) is 15.5 Å². The first kappa shape index (κ1) is 16.1. The second kappa shape index (κ2) is 7.67. The third kappa shape index (κ3) is 4.60. The number of nitrogens with one attached hydrogen (secondary N) is 1. The number of nitrogens with zero attached hydrogens (tertiary/aromatic N) is 2. The van der Waals surface area contributed by atoms with Crippen LogP contribution in [-0.4, -0.2) is 41.4 Å². The summed E-state index contributed by atoms with van der Waals surface area (Å²) in [6.07, 6.45) is 0.831. The highest BCUT2D eigenvalue weighted by Crippen LogP contribution is 2.15. The molecule has 0 bridgehead atoms. The van der Waals surface area contributed by atoms with Gasteiger partial charge in [0, 0.05) is 18.1 Å². The minimum atomic E-state index is -0.168. The molecule has 1 N–H and O–H groups in total. The van der Waals surface area contributed by atoms with Gasteiger partial charge in [-0.25, -0.2) is 4.98 Å². The molecule has 1 saturated heterocycles. The summed E-state index contributed by atoms with van der Waals surface area (Å²) in [4.78, 5) is 16.3. The standard InChI is InChI=1S/C15H19N3O4S/c1-10-4-12(22-18-10)5-15(19)17-13-7-20-3-2-14(13)21-6-11-8-23-9-16-11/h4,8-9,13-14H,2-3,5-7H2,1H3,(H,17,19)/t13-,14+/m1/s1. The lowest BCUT2D eigenvalue weighted by molar-refractivity contribution is -0.126. The summed E-state index contributed by atoms with van der Waals surface area (Å²) in [5.41, 5.74) is 3.45. The monoisotopic (exact) mass is 337 g/mol. The highest BCUT2D eigenvalue weighted by Gasteiger charge is 2.28. The van der Waals surface area contributed by atoms with Crippen LogP contribution < -0.4 is 5.32 Å². The van der Waals surface area contributed by atoms with Crippen molar-refractivity contribution < 1.29 is 18.8 Å². The smallest absolute Gasteiger partial charge is 0.228 e. The number of rotatable bonds is 6. The lowest BCUT2D eigenvalue weighted by atomic mass is 10.1. The van der Waals surface area contributed by atoms with E-state index >= 15 is 0 Å². The van der Waals surface area contributed by atoms with E-state index in [0.29, 0.717) is 25.6 Å². The summed E-state index contributed by atoms with van der Waals surface area (Å²) in [5, 5.41) is 8.70. The van der Waals surface area contributed by atoms with Crippen LogP contribution in [0.1, 0.15) is 23.6 Å². The number of carbonyl (C=O) groups is 1. The van der Waals surface area contributed by atoms with Crippen LogP contribution >= 0.6 is 11.3 Å². The van der Waals surface area contributed by atoms with Crippen LogP contribution in [0.3, 0.4) is 0 Å². The Balaban J connectivity index is 1.52. The number of ether oxygens (including phenoxy) is 2. The number of aryl methyl sites for hydroxylation is 1. The van der Waals surface area contributed by atoms with Crippen molar-refractivity contribution in [1.29, 1.82) is 0 Å². The Labute approximate surface area is 138 Å². The highest BCUT2D eigenvalue weighted by atomic mass is 32.1. The van der Waals surface area contributed by atoms with Gasteiger partial charge in [0.2, 0.25) is 5.91 Å². The van der Waals surface area contributed by atoms with Crippen molar-refractivity contribution >= 4 is 17.2 Å². The van der Waals surface area contributed by atoms with Gasteiger partial charge in [0.25, 0.3) is 0 Å². The molecule has 1 amide bonds. The third-order valence-electron chi connectivity index (χ3n) is 3.58. The molecule has 2 aromatic rings. The average Bonchev–Trinajstić information content (AvgIpc) is 3.18. The molecule has 0 unspecified atom stereocenters. The molecule has 124 valence electrons. The first-order chi connectivity index (χ1) is 11.2. The molecule has 0 radical (unpaired) electrons. The summed E-state index contributed by atoms with van der Waals surface area (Å²) in [7, 11) is 0. The molecule has 3 heterocycles. The van der Waals surface area contributed by atoms with Gasteiger partial charge in [-0.05, 0) is 13.3 Å². The van der Waals surface area contributed by atoms with Gasteiger partial charge in [0.1, 0.15) is 5.76 Å². The zero-order valence-corrected chi connectivity index (χ0v) is 13.7. The van der Waals surface area contributed by atoms with Crippen molar-refractivity contribution in [3.05, 3.63) is 34.1 Å². The van der Waals surface area contributed by atoms with E-state index in [1.54, 1.807) is 11.6 Å². The van der Waals surface area contributed by atoms with Crippen LogP contribution in [0.25, 0.3) is 0 Å². The van der Waals surface area contributed by atoms with Gasteiger partial charge < -0.3 is 19.3 Å². The Kier molecular flexibility index (Phi) is 5.37. The summed E-state index contributed by atoms with van der Waals surface area (Å²) in [6.45, 7) is 3.35. The lowest BCUT2D eigenvalue weighted by Gasteiger charge is -2.31. The van der Waals surface area contributed by atoms with Crippen molar-refractivity contribution in [2.75, 3.05) is 13.2 Å². The van der Waals surface area contributed by atoms with E-state index in [9.17, 15) is 4.79 Å². The molecule has 2 atom stereocenters. The Morgan fingerprint density at radius 3 is 3.22 bits per heavy atom. The molecule has 2 aromatic heterocycles. The van der Waals surface area contributed by atoms with Gasteiger partial charge in [-0.2, -0.15) is 0 Å². The first-order valence-electron chi connectivity index (χ1n) is 7.48. The highest BCUT2D eigenvalue weighted by molar-refractivity contribution is 7.07. The minimum absolute atomic E-state index is 0.0779. The van der Waals surface area contributed by atoms with Gasteiger partial charge in [0.15, 0.2) is 0 Å². The van der Waals surface area contributed by atoms with Crippen LogP contribution in [0.5, 0.6) is 0 Å². The summed E-state index contributed by atoms with van der Waals surface area (Å²) in [6, 6.07) is 1.59. The Morgan fingerprint density at radius 2 is 2.48 bits per heavy atom. The number of hydrogen-bond donors (Lipinski definition) is 1. The molecule has 3 rings (SSSR count). The molecule has 0 spiro atoms. The van der Waals surface area contributed by atoms with E-state index in [4.69, 9.17) is 14.0 Å². The molecule has 0 aromatic carbocycles. The molecule has 23 heavy (non-hydrogen) atoms. The van der Waals surface area contributed by atoms with Crippen molar-refractivity contribution in [3.8, 4) is 0 Å². The van der Waals surface area contributed by atoms with E-state index in [2.05, 4.69) is 15.5 Å². The predicted molar refractivity (Wildman–Crippen MR) is 83.0 cm³/mol. The topological polar surface area (TPSA) is 86.5 Å². The molecule has 0 aliphatic carbocycles. The number of thiazole rings is 1. The molecule has 7 nitrogen and oxygen atoms in total. The summed E-state index contributed by atoms with van der Waals surface area (Å²) in [5.74, 6) is 0.426. The fraction of sp³-hybridized carbons (Fsp3) is 0.533. The first-order valence-corrected chi connectivity index (χ1v) is 8.43. The van der Waals surface area contributed by atoms with Crippen LogP contribution in [-0.2, 0) is 27.3 Å². The second-order valence-electron chi connectivity index (χ2n) is 5.48. The predicted octanol–water partition coefficient (Wildman–Crippen LogP) is 1.47. The normalized spacial score (nSPS) is 21.3. The Bertz CT molecular complexity index is 628. The summed E-state index contributed by atoms with van der Waals surface area (Å²) >= 11 is 1.54. The average molecular weight is 337 g/mol. The molecular formula is C15H19N3O4S.